The Hall–Kier alpha value is -1.81. The zero-order chi connectivity index (χ0) is 14.9. The minimum absolute atomic E-state index is 0.147. The van der Waals surface area contributed by atoms with Crippen LogP contribution in [0.4, 0.5) is 5.69 Å². The summed E-state index contributed by atoms with van der Waals surface area (Å²) < 4.78 is 5.39. The highest BCUT2D eigenvalue weighted by molar-refractivity contribution is 6.32. The molecule has 20 heavy (non-hydrogen) atoms. The number of amides is 2. The molecule has 0 unspecified atom stereocenters. The summed E-state index contributed by atoms with van der Waals surface area (Å²) in [6.07, 6.45) is 0.147. The van der Waals surface area contributed by atoms with Crippen LogP contribution in [-0.2, 0) is 9.59 Å². The van der Waals surface area contributed by atoms with Crippen LogP contribution in [0, 0.1) is 0 Å². The summed E-state index contributed by atoms with van der Waals surface area (Å²) >= 11 is 6.01. The van der Waals surface area contributed by atoms with Crippen molar-refractivity contribution in [3.05, 3.63) is 34.4 Å². The molecular formula is C15H16ClNO3. The van der Waals surface area contributed by atoms with Gasteiger partial charge < -0.3 is 4.74 Å². The Labute approximate surface area is 123 Å². The van der Waals surface area contributed by atoms with Crippen molar-refractivity contribution in [2.75, 3.05) is 11.5 Å². The Balaban J connectivity index is 2.42. The molecule has 2 rings (SSSR count). The fraction of sp³-hybridized carbons (Fsp3) is 0.333. The summed E-state index contributed by atoms with van der Waals surface area (Å²) in [4.78, 5) is 25.5. The van der Waals surface area contributed by atoms with Gasteiger partial charge in [-0.05, 0) is 32.9 Å². The monoisotopic (exact) mass is 293 g/mol. The third-order valence-corrected chi connectivity index (χ3v) is 3.43. The maximum Gasteiger partial charge on any atom is 0.261 e. The van der Waals surface area contributed by atoms with Crippen LogP contribution in [-0.4, -0.2) is 18.4 Å². The molecular weight excluding hydrogens is 278 g/mol. The third kappa shape index (κ3) is 2.56. The highest BCUT2D eigenvalue weighted by Crippen LogP contribution is 2.33. The van der Waals surface area contributed by atoms with E-state index in [4.69, 9.17) is 16.3 Å². The molecule has 1 aromatic carbocycles. The lowest BCUT2D eigenvalue weighted by molar-refractivity contribution is -0.120. The molecule has 0 radical (unpaired) electrons. The van der Waals surface area contributed by atoms with Crippen LogP contribution in [0.3, 0.4) is 0 Å². The Morgan fingerprint density at radius 3 is 2.60 bits per heavy atom. The topological polar surface area (TPSA) is 46.6 Å². The molecule has 0 aromatic heterocycles. The normalized spacial score (nSPS) is 15.0. The standard InChI is InChI=1S/C15H16ClNO3/c1-4-20-13-7-10(5-6-12(13)16)17-14(18)8-11(9(2)3)15(17)19/h5-7H,4,8H2,1-3H3. The van der Waals surface area contributed by atoms with E-state index in [9.17, 15) is 9.59 Å². The zero-order valence-electron chi connectivity index (χ0n) is 11.7. The van der Waals surface area contributed by atoms with Crippen LogP contribution in [0.15, 0.2) is 29.3 Å². The number of nitrogens with zero attached hydrogens (tertiary/aromatic N) is 1. The molecule has 0 N–H and O–H groups in total. The maximum absolute atomic E-state index is 12.3. The van der Waals surface area contributed by atoms with Gasteiger partial charge in [0.25, 0.3) is 5.91 Å². The van der Waals surface area contributed by atoms with E-state index in [-0.39, 0.29) is 18.2 Å². The Morgan fingerprint density at radius 2 is 2.05 bits per heavy atom. The number of benzene rings is 1. The first-order valence-corrected chi connectivity index (χ1v) is 6.79. The van der Waals surface area contributed by atoms with Gasteiger partial charge in [-0.25, -0.2) is 4.90 Å². The van der Waals surface area contributed by atoms with Gasteiger partial charge in [-0.3, -0.25) is 9.59 Å². The van der Waals surface area contributed by atoms with Crippen molar-refractivity contribution in [2.24, 2.45) is 0 Å². The molecule has 4 nitrogen and oxygen atoms in total. The predicted molar refractivity (Wildman–Crippen MR) is 78.1 cm³/mol. The van der Waals surface area contributed by atoms with Crippen LogP contribution < -0.4 is 9.64 Å². The lowest BCUT2D eigenvalue weighted by atomic mass is 10.1. The molecule has 0 atom stereocenters. The number of halogens is 1. The SMILES string of the molecule is CCOc1cc(N2C(=O)CC(=C(C)C)C2=O)ccc1Cl. The van der Waals surface area contributed by atoms with Crippen molar-refractivity contribution in [3.63, 3.8) is 0 Å². The average molecular weight is 294 g/mol. The Bertz CT molecular complexity index is 603. The largest absolute Gasteiger partial charge is 0.492 e. The van der Waals surface area contributed by atoms with Crippen LogP contribution in [0.2, 0.25) is 5.02 Å². The lowest BCUT2D eigenvalue weighted by Crippen LogP contribution is -2.29. The first kappa shape index (κ1) is 14.6. The summed E-state index contributed by atoms with van der Waals surface area (Å²) in [6.45, 7) is 5.97. The molecule has 1 aliphatic rings. The van der Waals surface area contributed by atoms with E-state index < -0.39 is 0 Å². The van der Waals surface area contributed by atoms with Crippen molar-refractivity contribution in [1.29, 1.82) is 0 Å². The number of carbonyl (C=O) groups excluding carboxylic acids is 2. The van der Waals surface area contributed by atoms with Crippen molar-refractivity contribution in [3.8, 4) is 5.75 Å². The second-order valence-corrected chi connectivity index (χ2v) is 5.14. The molecule has 1 saturated heterocycles. The fourth-order valence-corrected chi connectivity index (χ4v) is 2.28. The third-order valence-electron chi connectivity index (χ3n) is 3.12. The Kier molecular flexibility index (Phi) is 4.14. The Morgan fingerprint density at radius 1 is 1.35 bits per heavy atom. The molecule has 0 aliphatic carbocycles. The molecule has 1 aliphatic heterocycles. The molecule has 1 aromatic rings. The second-order valence-electron chi connectivity index (χ2n) is 4.74. The summed E-state index contributed by atoms with van der Waals surface area (Å²) in [5.41, 5.74) is 1.91. The van der Waals surface area contributed by atoms with Crippen molar-refractivity contribution >= 4 is 29.1 Å². The number of hydrogen-bond donors (Lipinski definition) is 0. The first-order valence-electron chi connectivity index (χ1n) is 6.41. The van der Waals surface area contributed by atoms with Gasteiger partial charge in [0.2, 0.25) is 5.91 Å². The van der Waals surface area contributed by atoms with Gasteiger partial charge in [0.05, 0.1) is 23.7 Å². The molecule has 5 heteroatoms. The van der Waals surface area contributed by atoms with E-state index in [0.29, 0.717) is 28.6 Å². The highest BCUT2D eigenvalue weighted by Gasteiger charge is 2.35. The van der Waals surface area contributed by atoms with Crippen molar-refractivity contribution in [2.45, 2.75) is 27.2 Å². The molecule has 0 spiro atoms. The van der Waals surface area contributed by atoms with Crippen LogP contribution >= 0.6 is 11.6 Å². The van der Waals surface area contributed by atoms with E-state index in [0.717, 1.165) is 5.57 Å². The van der Waals surface area contributed by atoms with Crippen molar-refractivity contribution in [1.82, 2.24) is 0 Å². The van der Waals surface area contributed by atoms with E-state index >= 15 is 0 Å². The smallest absolute Gasteiger partial charge is 0.261 e. The molecule has 106 valence electrons. The first-order chi connectivity index (χ1) is 9.45. The number of imide groups is 1. The summed E-state index contributed by atoms with van der Waals surface area (Å²) in [5, 5.41) is 0.456. The van der Waals surface area contributed by atoms with E-state index in [1.165, 1.54) is 4.90 Å². The van der Waals surface area contributed by atoms with E-state index in [1.807, 2.05) is 20.8 Å². The predicted octanol–water partition coefficient (Wildman–Crippen LogP) is 3.34. The summed E-state index contributed by atoms with van der Waals surface area (Å²) in [7, 11) is 0. The van der Waals surface area contributed by atoms with Gasteiger partial charge in [-0.2, -0.15) is 0 Å². The molecule has 1 heterocycles. The zero-order valence-corrected chi connectivity index (χ0v) is 12.5. The molecule has 0 saturated carbocycles. The number of anilines is 1. The second kappa shape index (κ2) is 5.67. The van der Waals surface area contributed by atoms with E-state index in [2.05, 4.69) is 0 Å². The van der Waals surface area contributed by atoms with Gasteiger partial charge in [0.15, 0.2) is 0 Å². The number of allylic oxidation sites excluding steroid dienone is 1. The fourth-order valence-electron chi connectivity index (χ4n) is 2.10. The average Bonchev–Trinajstić information content (AvgIpc) is 2.68. The number of carbonyl (C=O) groups is 2. The van der Waals surface area contributed by atoms with Crippen LogP contribution in [0.5, 0.6) is 5.75 Å². The van der Waals surface area contributed by atoms with Crippen LogP contribution in [0.1, 0.15) is 27.2 Å². The maximum atomic E-state index is 12.3. The minimum atomic E-state index is -0.264. The summed E-state index contributed by atoms with van der Waals surface area (Å²) in [6, 6.07) is 4.90. The molecule has 1 fully saturated rings. The number of hydrogen-bond acceptors (Lipinski definition) is 3. The van der Waals surface area contributed by atoms with Gasteiger partial charge in [-0.15, -0.1) is 0 Å². The minimum Gasteiger partial charge on any atom is -0.492 e. The molecule has 2 amide bonds. The van der Waals surface area contributed by atoms with Gasteiger partial charge >= 0.3 is 0 Å². The van der Waals surface area contributed by atoms with Crippen LogP contribution in [0.25, 0.3) is 0 Å². The van der Waals surface area contributed by atoms with Gasteiger partial charge in [0, 0.05) is 11.6 Å². The van der Waals surface area contributed by atoms with Gasteiger partial charge in [0.1, 0.15) is 5.75 Å². The van der Waals surface area contributed by atoms with Crippen molar-refractivity contribution < 1.29 is 14.3 Å². The number of rotatable bonds is 3. The lowest BCUT2D eigenvalue weighted by Gasteiger charge is -2.15. The number of ether oxygens (including phenoxy) is 1. The highest BCUT2D eigenvalue weighted by atomic mass is 35.5. The van der Waals surface area contributed by atoms with Gasteiger partial charge in [-0.1, -0.05) is 17.2 Å². The summed E-state index contributed by atoms with van der Waals surface area (Å²) in [5.74, 6) is -0.0198. The van der Waals surface area contributed by atoms with E-state index in [1.54, 1.807) is 18.2 Å². The quantitative estimate of drug-likeness (QED) is 0.634. The molecule has 0 bridgehead atoms.